The lowest BCUT2D eigenvalue weighted by atomic mass is 10.0. The van der Waals surface area contributed by atoms with Gasteiger partial charge in [0.15, 0.2) is 5.78 Å². The molecule has 1 N–H and O–H groups in total. The molecule has 0 aliphatic heterocycles. The van der Waals surface area contributed by atoms with Gasteiger partial charge in [0.25, 0.3) is 0 Å². The van der Waals surface area contributed by atoms with E-state index in [1.807, 2.05) is 30.3 Å². The van der Waals surface area contributed by atoms with Crippen molar-refractivity contribution in [3.05, 3.63) is 59.8 Å². The summed E-state index contributed by atoms with van der Waals surface area (Å²) < 4.78 is 5.60. The fraction of sp³-hybridized carbons (Fsp3) is 0.333. The van der Waals surface area contributed by atoms with Crippen LogP contribution in [-0.4, -0.2) is 25.3 Å². The van der Waals surface area contributed by atoms with E-state index in [1.165, 1.54) is 6.08 Å². The molecule has 0 aromatic heterocycles. The maximum absolute atomic E-state index is 11.5. The molecule has 22 heavy (non-hydrogen) atoms. The van der Waals surface area contributed by atoms with Gasteiger partial charge in [-0.05, 0) is 24.5 Å². The van der Waals surface area contributed by atoms with Gasteiger partial charge in [-0.3, -0.25) is 9.59 Å². The highest BCUT2D eigenvalue weighted by atomic mass is 16.5. The molecule has 2 rings (SSSR count). The standard InChI is InChI=1S/C18H21NO3/c20-11-4-5-12-22-14-18(15-7-2-1-3-8-15)19-16-9-6-10-17(21)13-16/h1-5,7-8,11,13,18-19H,6,9-10,12,14H2/b5-4-/t18-/m0/s1. The van der Waals surface area contributed by atoms with Crippen molar-refractivity contribution in [1.82, 2.24) is 5.32 Å². The first kappa shape index (κ1) is 16.2. The molecule has 1 aliphatic rings. The number of ketones is 1. The number of rotatable bonds is 8. The monoisotopic (exact) mass is 299 g/mol. The fourth-order valence-electron chi connectivity index (χ4n) is 2.40. The van der Waals surface area contributed by atoms with Gasteiger partial charge in [-0.25, -0.2) is 0 Å². The van der Waals surface area contributed by atoms with E-state index >= 15 is 0 Å². The minimum absolute atomic E-state index is 0.0111. The molecule has 4 nitrogen and oxygen atoms in total. The minimum Gasteiger partial charge on any atom is -0.379 e. The summed E-state index contributed by atoms with van der Waals surface area (Å²) in [5.41, 5.74) is 2.08. The van der Waals surface area contributed by atoms with Crippen LogP contribution in [0.2, 0.25) is 0 Å². The van der Waals surface area contributed by atoms with Gasteiger partial charge in [-0.15, -0.1) is 0 Å². The number of aldehydes is 1. The average molecular weight is 299 g/mol. The summed E-state index contributed by atoms with van der Waals surface area (Å²) in [7, 11) is 0. The summed E-state index contributed by atoms with van der Waals surface area (Å²) in [6.07, 6.45) is 7.95. The molecule has 0 fully saturated rings. The van der Waals surface area contributed by atoms with Gasteiger partial charge in [-0.1, -0.05) is 36.4 Å². The Balaban J connectivity index is 2.00. The maximum atomic E-state index is 11.5. The molecule has 0 saturated heterocycles. The fourth-order valence-corrected chi connectivity index (χ4v) is 2.40. The van der Waals surface area contributed by atoms with E-state index in [-0.39, 0.29) is 11.8 Å². The summed E-state index contributed by atoms with van der Waals surface area (Å²) >= 11 is 0. The quantitative estimate of drug-likeness (QED) is 0.455. The summed E-state index contributed by atoms with van der Waals surface area (Å²) in [6, 6.07) is 9.99. The predicted octanol–water partition coefficient (Wildman–Crippen LogP) is 2.73. The second-order valence-corrected chi connectivity index (χ2v) is 5.20. The number of carbonyl (C=O) groups is 2. The number of benzene rings is 1. The molecule has 4 heteroatoms. The Bertz CT molecular complexity index is 549. The number of ether oxygens (including phenoxy) is 1. The Kier molecular flexibility index (Phi) is 6.58. The highest BCUT2D eigenvalue weighted by Gasteiger charge is 2.16. The van der Waals surface area contributed by atoms with E-state index in [1.54, 1.807) is 12.2 Å². The van der Waals surface area contributed by atoms with Crippen LogP contribution in [0.4, 0.5) is 0 Å². The molecule has 1 aromatic rings. The Morgan fingerprint density at radius 3 is 2.77 bits per heavy atom. The zero-order valence-corrected chi connectivity index (χ0v) is 12.5. The van der Waals surface area contributed by atoms with Crippen LogP contribution < -0.4 is 5.32 Å². The van der Waals surface area contributed by atoms with Crippen LogP contribution in [0.15, 0.2) is 54.3 Å². The Labute approximate surface area is 130 Å². The maximum Gasteiger partial charge on any atom is 0.157 e. The Morgan fingerprint density at radius 1 is 1.23 bits per heavy atom. The molecule has 1 aromatic carbocycles. The Morgan fingerprint density at radius 2 is 2.05 bits per heavy atom. The minimum atomic E-state index is -0.0111. The van der Waals surface area contributed by atoms with Crippen LogP contribution in [-0.2, 0) is 14.3 Å². The van der Waals surface area contributed by atoms with Gasteiger partial charge in [0, 0.05) is 18.2 Å². The van der Waals surface area contributed by atoms with E-state index in [2.05, 4.69) is 5.32 Å². The third-order valence-corrected chi connectivity index (χ3v) is 3.48. The molecule has 0 spiro atoms. The summed E-state index contributed by atoms with van der Waals surface area (Å²) in [5.74, 6) is 0.176. The molecule has 1 aliphatic carbocycles. The van der Waals surface area contributed by atoms with E-state index in [9.17, 15) is 9.59 Å². The highest BCUT2D eigenvalue weighted by molar-refractivity contribution is 5.91. The van der Waals surface area contributed by atoms with Crippen molar-refractivity contribution in [3.63, 3.8) is 0 Å². The molecular formula is C18H21NO3. The van der Waals surface area contributed by atoms with Crippen molar-refractivity contribution < 1.29 is 14.3 Å². The first-order chi connectivity index (χ1) is 10.8. The smallest absolute Gasteiger partial charge is 0.157 e. The van der Waals surface area contributed by atoms with Crippen LogP contribution in [0.3, 0.4) is 0 Å². The molecule has 0 radical (unpaired) electrons. The predicted molar refractivity (Wildman–Crippen MR) is 85.3 cm³/mol. The number of carbonyl (C=O) groups excluding carboxylic acids is 2. The van der Waals surface area contributed by atoms with Crippen molar-refractivity contribution in [1.29, 1.82) is 0 Å². The molecule has 0 saturated carbocycles. The summed E-state index contributed by atoms with van der Waals surface area (Å²) in [4.78, 5) is 21.8. The van der Waals surface area contributed by atoms with Gasteiger partial charge in [-0.2, -0.15) is 0 Å². The SMILES string of the molecule is O=C/C=C\COC[C@H](NC1=CC(=O)CCC1)c1ccccc1. The lowest BCUT2D eigenvalue weighted by Crippen LogP contribution is -2.27. The molecular weight excluding hydrogens is 278 g/mol. The second-order valence-electron chi connectivity index (χ2n) is 5.20. The van der Waals surface area contributed by atoms with E-state index in [0.29, 0.717) is 19.6 Å². The third-order valence-electron chi connectivity index (χ3n) is 3.48. The highest BCUT2D eigenvalue weighted by Crippen LogP contribution is 2.19. The van der Waals surface area contributed by atoms with Gasteiger partial charge in [0.2, 0.25) is 0 Å². The normalized spacial score (nSPS) is 16.4. The van der Waals surface area contributed by atoms with Crippen molar-refractivity contribution in [3.8, 4) is 0 Å². The van der Waals surface area contributed by atoms with Crippen LogP contribution in [0, 0.1) is 0 Å². The largest absolute Gasteiger partial charge is 0.379 e. The third kappa shape index (κ3) is 5.30. The molecule has 0 bridgehead atoms. The second kappa shape index (κ2) is 8.95. The van der Waals surface area contributed by atoms with Crippen molar-refractivity contribution >= 4 is 12.1 Å². The number of allylic oxidation sites excluding steroid dienone is 3. The topological polar surface area (TPSA) is 55.4 Å². The van der Waals surface area contributed by atoms with Gasteiger partial charge < -0.3 is 10.1 Å². The van der Waals surface area contributed by atoms with E-state index < -0.39 is 0 Å². The first-order valence-corrected chi connectivity index (χ1v) is 7.52. The van der Waals surface area contributed by atoms with Crippen molar-refractivity contribution in [2.24, 2.45) is 0 Å². The number of hydrogen-bond donors (Lipinski definition) is 1. The molecule has 116 valence electrons. The number of hydrogen-bond acceptors (Lipinski definition) is 4. The first-order valence-electron chi connectivity index (χ1n) is 7.52. The van der Waals surface area contributed by atoms with Gasteiger partial charge in [0.1, 0.15) is 6.29 Å². The van der Waals surface area contributed by atoms with Crippen LogP contribution >= 0.6 is 0 Å². The summed E-state index contributed by atoms with van der Waals surface area (Å²) in [5, 5.41) is 3.42. The molecule has 0 amide bonds. The molecule has 0 heterocycles. The lowest BCUT2D eigenvalue weighted by molar-refractivity contribution is -0.115. The zero-order chi connectivity index (χ0) is 15.6. The van der Waals surface area contributed by atoms with E-state index in [0.717, 1.165) is 30.4 Å². The van der Waals surface area contributed by atoms with Crippen LogP contribution in [0.1, 0.15) is 30.9 Å². The molecule has 1 atom stereocenters. The zero-order valence-electron chi connectivity index (χ0n) is 12.5. The van der Waals surface area contributed by atoms with Crippen molar-refractivity contribution in [2.45, 2.75) is 25.3 Å². The van der Waals surface area contributed by atoms with Crippen molar-refractivity contribution in [2.75, 3.05) is 13.2 Å². The Hall–Kier alpha value is -2.20. The molecule has 0 unspecified atom stereocenters. The van der Waals surface area contributed by atoms with Gasteiger partial charge in [0.05, 0.1) is 19.3 Å². The van der Waals surface area contributed by atoms with Crippen LogP contribution in [0.5, 0.6) is 0 Å². The average Bonchev–Trinajstić information content (AvgIpc) is 2.54. The summed E-state index contributed by atoms with van der Waals surface area (Å²) in [6.45, 7) is 0.862. The van der Waals surface area contributed by atoms with E-state index in [4.69, 9.17) is 4.74 Å². The van der Waals surface area contributed by atoms with Crippen LogP contribution in [0.25, 0.3) is 0 Å². The number of nitrogens with one attached hydrogen (secondary N) is 1. The lowest BCUT2D eigenvalue weighted by Gasteiger charge is -2.23. The van der Waals surface area contributed by atoms with Gasteiger partial charge >= 0.3 is 0 Å².